The molecule has 4 rings (SSSR count). The average Bonchev–Trinajstić information content (AvgIpc) is 3.23. The third-order valence-corrected chi connectivity index (χ3v) is 8.33. The summed E-state index contributed by atoms with van der Waals surface area (Å²) in [6.07, 6.45) is 0. The number of anilines is 3. The zero-order valence-electron chi connectivity index (χ0n) is 18.7. The molecule has 0 unspecified atom stereocenters. The summed E-state index contributed by atoms with van der Waals surface area (Å²) in [7, 11) is -2.52. The summed E-state index contributed by atoms with van der Waals surface area (Å²) in [5.74, 6) is -0.748. The number of aryl methyl sites for hydroxylation is 2. The quantitative estimate of drug-likeness (QED) is 0.433. The van der Waals surface area contributed by atoms with E-state index in [1.807, 2.05) is 4.72 Å². The van der Waals surface area contributed by atoms with Gasteiger partial charge in [-0.25, -0.2) is 22.3 Å². The molecule has 3 amide bonds. The summed E-state index contributed by atoms with van der Waals surface area (Å²) in [4.78, 5) is 26.8. The zero-order chi connectivity index (χ0) is 25.5. The van der Waals surface area contributed by atoms with Crippen molar-refractivity contribution in [2.24, 2.45) is 0 Å². The molecule has 184 valence electrons. The maximum Gasteiger partial charge on any atom is 0.333 e. The van der Waals surface area contributed by atoms with Gasteiger partial charge in [0.1, 0.15) is 15.8 Å². The minimum Gasteiger partial charge on any atom is -0.472 e. The molecule has 0 saturated heterocycles. The number of benzene rings is 2. The van der Waals surface area contributed by atoms with Crippen LogP contribution in [-0.4, -0.2) is 34.1 Å². The topological polar surface area (TPSA) is 117 Å². The lowest BCUT2D eigenvalue weighted by Crippen LogP contribution is -2.39. The number of rotatable bonds is 5. The van der Waals surface area contributed by atoms with Gasteiger partial charge < -0.3 is 15.4 Å². The monoisotopic (exact) mass is 538 g/mol. The van der Waals surface area contributed by atoms with Gasteiger partial charge in [-0.2, -0.15) is 0 Å². The van der Waals surface area contributed by atoms with Crippen LogP contribution in [0.5, 0.6) is 5.75 Å². The molecule has 1 aliphatic rings. The molecule has 2 heterocycles. The van der Waals surface area contributed by atoms with E-state index in [4.69, 9.17) is 16.3 Å². The lowest BCUT2D eigenvalue weighted by Gasteiger charge is -2.30. The average molecular weight is 539 g/mol. The Hall–Kier alpha value is -3.35. The minimum absolute atomic E-state index is 0.0866. The molecule has 3 N–H and O–H groups in total. The highest BCUT2D eigenvalue weighted by Gasteiger charge is 2.29. The molecule has 0 radical (unpaired) electrons. The second-order valence-corrected chi connectivity index (χ2v) is 11.3. The SMILES string of the molecule is CNc1cc2c(cc1F)C(=O)N(c1cc(C)c(NC(=O)NS(=O)(=O)c3ccc(Cl)s3)c(C)c1)CO2. The van der Waals surface area contributed by atoms with E-state index in [9.17, 15) is 22.4 Å². The van der Waals surface area contributed by atoms with Crippen LogP contribution in [0, 0.1) is 19.7 Å². The molecule has 0 spiro atoms. The Morgan fingerprint density at radius 1 is 1.17 bits per heavy atom. The Balaban J connectivity index is 1.55. The Bertz CT molecular complexity index is 1440. The smallest absolute Gasteiger partial charge is 0.333 e. The van der Waals surface area contributed by atoms with Gasteiger partial charge in [-0.05, 0) is 55.3 Å². The first-order valence-electron chi connectivity index (χ1n) is 10.2. The molecule has 0 aliphatic carbocycles. The van der Waals surface area contributed by atoms with E-state index in [1.54, 1.807) is 33.0 Å². The van der Waals surface area contributed by atoms with Crippen LogP contribution < -0.4 is 25.0 Å². The molecule has 1 aliphatic heterocycles. The number of sulfonamides is 1. The van der Waals surface area contributed by atoms with E-state index in [0.717, 1.165) is 17.4 Å². The molecule has 13 heteroatoms. The van der Waals surface area contributed by atoms with Gasteiger partial charge in [0.25, 0.3) is 15.9 Å². The van der Waals surface area contributed by atoms with Crippen LogP contribution >= 0.6 is 22.9 Å². The number of ether oxygens (including phenoxy) is 1. The van der Waals surface area contributed by atoms with Crippen molar-refractivity contribution in [2.75, 3.05) is 29.3 Å². The maximum atomic E-state index is 14.2. The number of carbonyl (C=O) groups is 2. The van der Waals surface area contributed by atoms with Crippen LogP contribution in [0.1, 0.15) is 21.5 Å². The van der Waals surface area contributed by atoms with Gasteiger partial charge >= 0.3 is 6.03 Å². The number of nitrogens with zero attached hydrogens (tertiary/aromatic N) is 1. The molecule has 9 nitrogen and oxygen atoms in total. The first-order valence-corrected chi connectivity index (χ1v) is 12.8. The van der Waals surface area contributed by atoms with Crippen LogP contribution in [0.3, 0.4) is 0 Å². The minimum atomic E-state index is -4.09. The molecule has 0 fully saturated rings. The number of nitrogens with one attached hydrogen (secondary N) is 3. The fourth-order valence-corrected chi connectivity index (χ4v) is 6.00. The summed E-state index contributed by atoms with van der Waals surface area (Å²) in [6, 6.07) is 7.60. The number of amides is 3. The van der Waals surface area contributed by atoms with Gasteiger partial charge in [-0.15, -0.1) is 11.3 Å². The molecular formula is C22H20ClFN4O5S2. The lowest BCUT2D eigenvalue weighted by atomic mass is 10.1. The third kappa shape index (κ3) is 4.90. The number of hydrogen-bond donors (Lipinski definition) is 3. The summed E-state index contributed by atoms with van der Waals surface area (Å²) in [6.45, 7) is 3.30. The van der Waals surface area contributed by atoms with E-state index in [0.29, 0.717) is 22.5 Å². The largest absolute Gasteiger partial charge is 0.472 e. The highest BCUT2D eigenvalue weighted by Crippen LogP contribution is 2.34. The van der Waals surface area contributed by atoms with Crippen LogP contribution in [0.2, 0.25) is 4.34 Å². The van der Waals surface area contributed by atoms with Gasteiger partial charge in [0.05, 0.1) is 15.6 Å². The first kappa shape index (κ1) is 24.8. The van der Waals surface area contributed by atoms with Crippen molar-refractivity contribution in [2.45, 2.75) is 18.1 Å². The molecule has 0 atom stereocenters. The predicted molar refractivity (Wildman–Crippen MR) is 133 cm³/mol. The Kier molecular flexibility index (Phi) is 6.62. The van der Waals surface area contributed by atoms with Gasteiger partial charge in [-0.1, -0.05) is 11.6 Å². The number of fused-ring (bicyclic) bond motifs is 1. The Morgan fingerprint density at radius 3 is 2.46 bits per heavy atom. The van der Waals surface area contributed by atoms with Crippen molar-refractivity contribution < 1.29 is 27.1 Å². The van der Waals surface area contributed by atoms with E-state index >= 15 is 0 Å². The lowest BCUT2D eigenvalue weighted by molar-refractivity contribution is 0.0936. The van der Waals surface area contributed by atoms with Crippen molar-refractivity contribution in [1.82, 2.24) is 4.72 Å². The summed E-state index contributed by atoms with van der Waals surface area (Å²) < 4.78 is 46.8. The fraction of sp³-hybridized carbons (Fsp3) is 0.182. The third-order valence-electron chi connectivity index (χ3n) is 5.27. The Labute approximate surface area is 209 Å². The standard InChI is InChI=1S/C22H20ClFN4O5S2/c1-11-6-13(28-10-33-17-9-16(25-3)15(24)8-14(17)21(28)29)7-12(2)20(11)26-22(30)27-35(31,32)19-5-4-18(23)34-19/h4-9,25H,10H2,1-3H3,(H2,26,27,30). The number of hydrogen-bond acceptors (Lipinski definition) is 7. The molecular weight excluding hydrogens is 519 g/mol. The molecule has 0 saturated carbocycles. The van der Waals surface area contributed by atoms with Crippen molar-refractivity contribution in [3.8, 4) is 5.75 Å². The second-order valence-electron chi connectivity index (χ2n) is 7.66. The zero-order valence-corrected chi connectivity index (χ0v) is 21.1. The van der Waals surface area contributed by atoms with Crippen molar-refractivity contribution >= 4 is 62.0 Å². The number of urea groups is 1. The summed E-state index contributed by atoms with van der Waals surface area (Å²) in [5, 5.41) is 5.24. The number of carbonyl (C=O) groups excluding carboxylic acids is 2. The van der Waals surface area contributed by atoms with Gasteiger partial charge in [0.15, 0.2) is 6.73 Å². The maximum absolute atomic E-state index is 14.2. The molecule has 35 heavy (non-hydrogen) atoms. The number of halogens is 2. The fourth-order valence-electron chi connectivity index (χ4n) is 3.61. The summed E-state index contributed by atoms with van der Waals surface area (Å²) >= 11 is 6.60. The van der Waals surface area contributed by atoms with E-state index < -0.39 is 27.8 Å². The molecule has 3 aromatic rings. The Morgan fingerprint density at radius 2 is 1.86 bits per heavy atom. The van der Waals surface area contributed by atoms with E-state index in [2.05, 4.69) is 10.6 Å². The van der Waals surface area contributed by atoms with E-state index in [-0.39, 0.29) is 32.3 Å². The molecule has 2 aromatic carbocycles. The van der Waals surface area contributed by atoms with E-state index in [1.165, 1.54) is 23.1 Å². The predicted octanol–water partition coefficient (Wildman–Crippen LogP) is 4.71. The molecule has 1 aromatic heterocycles. The highest BCUT2D eigenvalue weighted by molar-refractivity contribution is 7.92. The van der Waals surface area contributed by atoms with Gasteiger partial charge in [-0.3, -0.25) is 9.69 Å². The molecule has 0 bridgehead atoms. The normalized spacial score (nSPS) is 13.2. The highest BCUT2D eigenvalue weighted by atomic mass is 35.5. The number of thiophene rings is 1. The second kappa shape index (κ2) is 9.36. The van der Waals surface area contributed by atoms with Crippen LogP contribution in [0.25, 0.3) is 0 Å². The van der Waals surface area contributed by atoms with Gasteiger partial charge in [0, 0.05) is 24.5 Å². The first-order chi connectivity index (χ1) is 16.5. The van der Waals surface area contributed by atoms with Gasteiger partial charge in [0.2, 0.25) is 0 Å². The van der Waals surface area contributed by atoms with Crippen LogP contribution in [0.15, 0.2) is 40.6 Å². The summed E-state index contributed by atoms with van der Waals surface area (Å²) in [5.41, 5.74) is 2.30. The van der Waals surface area contributed by atoms with Crippen molar-refractivity contribution in [3.05, 3.63) is 63.2 Å². The van der Waals surface area contributed by atoms with Crippen LogP contribution in [0.4, 0.5) is 26.2 Å². The van der Waals surface area contributed by atoms with Crippen molar-refractivity contribution in [3.63, 3.8) is 0 Å². The van der Waals surface area contributed by atoms with Crippen LogP contribution in [-0.2, 0) is 10.0 Å². The van der Waals surface area contributed by atoms with Crippen molar-refractivity contribution in [1.29, 1.82) is 0 Å².